The zero-order valence-electron chi connectivity index (χ0n) is 26.7. The molecule has 5 nitrogen and oxygen atoms in total. The lowest BCUT2D eigenvalue weighted by molar-refractivity contribution is 1.18. The summed E-state index contributed by atoms with van der Waals surface area (Å²) in [5, 5.41) is 33.9. The number of hydrogen-bond acceptors (Lipinski definition) is 3. The standard InChI is InChI=1S/C45H25N5/c46-26-29-18-23-41-38(24-29)36-12-1-3-14-39(36)49(41)35-11-5-8-32(25-35)30-19-21-31(22-20-30)44-33(27-47)9-6-16-42(44)50-40-15-4-2-13-37(40)45-34(28-48)10-7-17-43(45)50/h1-25H. The van der Waals surface area contributed by atoms with E-state index in [9.17, 15) is 15.8 Å². The van der Waals surface area contributed by atoms with Crippen LogP contribution in [0.2, 0.25) is 0 Å². The van der Waals surface area contributed by atoms with Gasteiger partial charge in [0.25, 0.3) is 0 Å². The van der Waals surface area contributed by atoms with Crippen molar-refractivity contribution in [2.24, 2.45) is 0 Å². The second kappa shape index (κ2) is 11.4. The van der Waals surface area contributed by atoms with Crippen LogP contribution in [-0.2, 0) is 0 Å². The predicted octanol–water partition coefficient (Wildman–Crippen LogP) is 10.8. The minimum atomic E-state index is 0.575. The maximum Gasteiger partial charge on any atom is 0.0998 e. The number of nitrogens with zero attached hydrogens (tertiary/aromatic N) is 5. The summed E-state index contributed by atoms with van der Waals surface area (Å²) in [5.74, 6) is 0. The van der Waals surface area contributed by atoms with Crippen LogP contribution in [0.15, 0.2) is 152 Å². The van der Waals surface area contributed by atoms with Crippen LogP contribution in [0.1, 0.15) is 16.7 Å². The highest BCUT2D eigenvalue weighted by Crippen LogP contribution is 2.40. The summed E-state index contributed by atoms with van der Waals surface area (Å²) < 4.78 is 4.42. The number of para-hydroxylation sites is 2. The SMILES string of the molecule is N#Cc1ccc2c(c1)c1ccccc1n2-c1cccc(-c2ccc(-c3c(C#N)cccc3-n3c4ccccc4c4c(C#N)cccc43)cc2)c1. The van der Waals surface area contributed by atoms with Gasteiger partial charge in [0.1, 0.15) is 0 Å². The summed E-state index contributed by atoms with van der Waals surface area (Å²) in [6.07, 6.45) is 0. The smallest absolute Gasteiger partial charge is 0.0998 e. The van der Waals surface area contributed by atoms with Gasteiger partial charge >= 0.3 is 0 Å². The van der Waals surface area contributed by atoms with Gasteiger partial charge in [-0.2, -0.15) is 15.8 Å². The third-order valence-electron chi connectivity index (χ3n) is 9.63. The van der Waals surface area contributed by atoms with E-state index in [0.29, 0.717) is 16.7 Å². The molecule has 0 atom stereocenters. The summed E-state index contributed by atoms with van der Waals surface area (Å²) in [6.45, 7) is 0. The monoisotopic (exact) mass is 635 g/mol. The molecule has 0 aliphatic carbocycles. The summed E-state index contributed by atoms with van der Waals surface area (Å²) in [4.78, 5) is 0. The molecule has 0 amide bonds. The van der Waals surface area contributed by atoms with Crippen molar-refractivity contribution in [2.75, 3.05) is 0 Å². The lowest BCUT2D eigenvalue weighted by Gasteiger charge is -2.16. The summed E-state index contributed by atoms with van der Waals surface area (Å²) >= 11 is 0. The van der Waals surface area contributed by atoms with E-state index in [0.717, 1.165) is 77.2 Å². The van der Waals surface area contributed by atoms with Crippen LogP contribution in [0.5, 0.6) is 0 Å². The highest BCUT2D eigenvalue weighted by Gasteiger charge is 2.20. The van der Waals surface area contributed by atoms with Crippen molar-refractivity contribution >= 4 is 43.6 Å². The van der Waals surface area contributed by atoms with Crippen LogP contribution in [-0.4, -0.2) is 9.13 Å². The Bertz CT molecular complexity index is 2960. The number of aromatic nitrogens is 2. The molecule has 7 aromatic carbocycles. The molecule has 0 saturated heterocycles. The minimum absolute atomic E-state index is 0.575. The van der Waals surface area contributed by atoms with Gasteiger partial charge in [-0.15, -0.1) is 0 Å². The van der Waals surface area contributed by atoms with E-state index in [2.05, 4.69) is 100 Å². The van der Waals surface area contributed by atoms with Crippen LogP contribution >= 0.6 is 0 Å². The first-order chi connectivity index (χ1) is 24.7. The fourth-order valence-electron chi connectivity index (χ4n) is 7.47. The number of benzene rings is 7. The van der Waals surface area contributed by atoms with Crippen molar-refractivity contribution < 1.29 is 0 Å². The maximum atomic E-state index is 10.3. The molecule has 5 heteroatoms. The lowest BCUT2D eigenvalue weighted by atomic mass is 9.95. The van der Waals surface area contributed by atoms with Crippen LogP contribution in [0.25, 0.3) is 77.2 Å². The second-order valence-electron chi connectivity index (χ2n) is 12.3. The Morgan fingerprint density at radius 1 is 0.400 bits per heavy atom. The Kier molecular flexibility index (Phi) is 6.56. The van der Waals surface area contributed by atoms with Crippen molar-refractivity contribution in [3.05, 3.63) is 168 Å². The van der Waals surface area contributed by atoms with E-state index >= 15 is 0 Å². The van der Waals surface area contributed by atoms with Gasteiger partial charge in [0.05, 0.1) is 62.7 Å². The molecule has 0 bridgehead atoms. The van der Waals surface area contributed by atoms with Gasteiger partial charge in [0, 0.05) is 32.8 Å². The number of rotatable bonds is 4. The van der Waals surface area contributed by atoms with Crippen LogP contribution in [0.3, 0.4) is 0 Å². The quantitative estimate of drug-likeness (QED) is 0.193. The molecule has 0 unspecified atom stereocenters. The van der Waals surface area contributed by atoms with Crippen molar-refractivity contribution in [2.45, 2.75) is 0 Å². The Morgan fingerprint density at radius 3 is 1.82 bits per heavy atom. The van der Waals surface area contributed by atoms with Gasteiger partial charge in [-0.25, -0.2) is 0 Å². The highest BCUT2D eigenvalue weighted by molar-refractivity contribution is 6.12. The van der Waals surface area contributed by atoms with Gasteiger partial charge in [0.15, 0.2) is 0 Å². The number of nitriles is 3. The molecule has 2 aromatic heterocycles. The first-order valence-electron chi connectivity index (χ1n) is 16.3. The fourth-order valence-corrected chi connectivity index (χ4v) is 7.47. The van der Waals surface area contributed by atoms with E-state index in [1.807, 2.05) is 78.9 Å². The molecule has 0 aliphatic heterocycles. The Labute approximate surface area is 287 Å². The average Bonchev–Trinajstić information content (AvgIpc) is 3.70. The van der Waals surface area contributed by atoms with Crippen LogP contribution < -0.4 is 0 Å². The molecular formula is C45H25N5. The van der Waals surface area contributed by atoms with E-state index in [1.165, 1.54) is 0 Å². The number of hydrogen-bond donors (Lipinski definition) is 0. The molecule has 0 aliphatic rings. The molecule has 9 rings (SSSR count). The van der Waals surface area contributed by atoms with E-state index in [-0.39, 0.29) is 0 Å². The van der Waals surface area contributed by atoms with Gasteiger partial charge in [-0.1, -0.05) is 84.9 Å². The lowest BCUT2D eigenvalue weighted by Crippen LogP contribution is -1.99. The zero-order valence-corrected chi connectivity index (χ0v) is 26.7. The summed E-state index contributed by atoms with van der Waals surface area (Å²) in [5.41, 5.74) is 11.6. The van der Waals surface area contributed by atoms with E-state index in [1.54, 1.807) is 0 Å². The Balaban J connectivity index is 1.18. The normalized spacial score (nSPS) is 11.1. The predicted molar refractivity (Wildman–Crippen MR) is 200 cm³/mol. The summed E-state index contributed by atoms with van der Waals surface area (Å²) in [6, 6.07) is 57.8. The zero-order chi connectivity index (χ0) is 33.8. The molecule has 0 N–H and O–H groups in total. The largest absolute Gasteiger partial charge is 0.309 e. The highest BCUT2D eigenvalue weighted by atomic mass is 15.0. The average molecular weight is 636 g/mol. The molecular weight excluding hydrogens is 611 g/mol. The maximum absolute atomic E-state index is 10.3. The van der Waals surface area contributed by atoms with Crippen molar-refractivity contribution in [3.8, 4) is 51.8 Å². The molecule has 0 saturated carbocycles. The van der Waals surface area contributed by atoms with Gasteiger partial charge in [-0.3, -0.25) is 0 Å². The van der Waals surface area contributed by atoms with Gasteiger partial charge < -0.3 is 9.13 Å². The first kappa shape index (κ1) is 28.8. The fraction of sp³-hybridized carbons (Fsp3) is 0. The topological polar surface area (TPSA) is 81.2 Å². The van der Waals surface area contributed by atoms with Crippen LogP contribution in [0, 0.1) is 34.0 Å². The molecule has 0 fully saturated rings. The molecule has 0 spiro atoms. The van der Waals surface area contributed by atoms with Crippen LogP contribution in [0.4, 0.5) is 0 Å². The molecule has 230 valence electrons. The van der Waals surface area contributed by atoms with Gasteiger partial charge in [-0.05, 0) is 83.4 Å². The molecule has 0 radical (unpaired) electrons. The van der Waals surface area contributed by atoms with Crippen molar-refractivity contribution in [1.82, 2.24) is 9.13 Å². The third-order valence-corrected chi connectivity index (χ3v) is 9.63. The first-order valence-corrected chi connectivity index (χ1v) is 16.3. The van der Waals surface area contributed by atoms with E-state index in [4.69, 9.17) is 0 Å². The summed E-state index contributed by atoms with van der Waals surface area (Å²) in [7, 11) is 0. The Morgan fingerprint density at radius 2 is 1.04 bits per heavy atom. The number of fused-ring (bicyclic) bond motifs is 6. The van der Waals surface area contributed by atoms with Crippen molar-refractivity contribution in [3.63, 3.8) is 0 Å². The molecule has 9 aromatic rings. The molecule has 50 heavy (non-hydrogen) atoms. The van der Waals surface area contributed by atoms with E-state index < -0.39 is 0 Å². The second-order valence-corrected chi connectivity index (χ2v) is 12.3. The van der Waals surface area contributed by atoms with Crippen molar-refractivity contribution in [1.29, 1.82) is 15.8 Å². The Hall–Kier alpha value is -7.39. The van der Waals surface area contributed by atoms with Gasteiger partial charge in [0.2, 0.25) is 0 Å². The molecule has 2 heterocycles. The minimum Gasteiger partial charge on any atom is -0.309 e. The third kappa shape index (κ3) is 4.31.